The average Bonchev–Trinajstić information content (AvgIpc) is 3.15. The summed E-state index contributed by atoms with van der Waals surface area (Å²) in [5.74, 6) is 0. The first-order valence-corrected chi connectivity index (χ1v) is 22.2. The van der Waals surface area contributed by atoms with Gasteiger partial charge in [0.1, 0.15) is 0 Å². The van der Waals surface area contributed by atoms with Crippen molar-refractivity contribution in [2.24, 2.45) is 0 Å². The van der Waals surface area contributed by atoms with Crippen LogP contribution < -0.4 is 26.2 Å². The first-order chi connectivity index (χ1) is 27.8. The molecular weight excluding hydrogens is 723 g/mol. The van der Waals surface area contributed by atoms with Gasteiger partial charge >= 0.3 is 0 Å². The molecule has 2 aliphatic rings. The van der Waals surface area contributed by atoms with Gasteiger partial charge in [-0.25, -0.2) is 0 Å². The Kier molecular flexibility index (Phi) is 9.74. The van der Waals surface area contributed by atoms with Crippen LogP contribution in [0.25, 0.3) is 11.1 Å². The van der Waals surface area contributed by atoms with E-state index in [-0.39, 0.29) is 33.8 Å². The lowest BCUT2D eigenvalue weighted by Gasteiger charge is -2.45. The molecule has 2 heterocycles. The highest BCUT2D eigenvalue weighted by atomic mass is 15.2. The first kappa shape index (κ1) is 41.7. The minimum Gasteiger partial charge on any atom is -0.311 e. The molecule has 60 heavy (non-hydrogen) atoms. The van der Waals surface area contributed by atoms with Crippen molar-refractivity contribution in [3.8, 4) is 11.1 Å². The van der Waals surface area contributed by atoms with Crippen molar-refractivity contribution >= 4 is 57.2 Å². The third kappa shape index (κ3) is 7.31. The molecule has 3 heteroatoms. The molecule has 0 aliphatic carbocycles. The van der Waals surface area contributed by atoms with Gasteiger partial charge in [0.25, 0.3) is 6.71 Å². The highest BCUT2D eigenvalue weighted by Crippen LogP contribution is 2.49. The van der Waals surface area contributed by atoms with Gasteiger partial charge in [0, 0.05) is 34.0 Å². The van der Waals surface area contributed by atoms with Crippen LogP contribution in [0, 0.1) is 6.92 Å². The van der Waals surface area contributed by atoms with Crippen LogP contribution in [-0.4, -0.2) is 6.71 Å². The maximum atomic E-state index is 2.62. The highest BCUT2D eigenvalue weighted by Gasteiger charge is 2.45. The summed E-state index contributed by atoms with van der Waals surface area (Å²) in [6, 6.07) is 45.5. The molecule has 0 atom stereocenters. The monoisotopic (exact) mass is 791 g/mol. The van der Waals surface area contributed by atoms with Crippen molar-refractivity contribution in [2.75, 3.05) is 9.80 Å². The van der Waals surface area contributed by atoms with Crippen LogP contribution in [0.2, 0.25) is 0 Å². The molecule has 0 amide bonds. The Bertz CT molecular complexity index is 2630. The van der Waals surface area contributed by atoms with Crippen molar-refractivity contribution < 1.29 is 0 Å². The molecule has 0 radical (unpaired) electrons. The zero-order valence-corrected chi connectivity index (χ0v) is 39.4. The number of nitrogens with zero attached hydrogens (tertiary/aromatic N) is 2. The summed E-state index contributed by atoms with van der Waals surface area (Å²) < 4.78 is 0. The summed E-state index contributed by atoms with van der Waals surface area (Å²) in [6.07, 6.45) is 0. The first-order valence-electron chi connectivity index (χ1n) is 22.2. The second kappa shape index (κ2) is 14.0. The highest BCUT2D eigenvalue weighted by molar-refractivity contribution is 7.00. The summed E-state index contributed by atoms with van der Waals surface area (Å²) in [4.78, 5) is 5.18. The molecule has 6 aromatic carbocycles. The molecular formula is C57H67BN2. The summed E-state index contributed by atoms with van der Waals surface area (Å²) >= 11 is 0. The summed E-state index contributed by atoms with van der Waals surface area (Å²) in [6.45, 7) is 37.2. The average molecular weight is 791 g/mol. The van der Waals surface area contributed by atoms with E-state index in [9.17, 15) is 0 Å². The molecule has 0 spiro atoms. The number of fused-ring (bicyclic) bond motifs is 4. The third-order valence-corrected chi connectivity index (χ3v) is 13.1. The summed E-state index contributed by atoms with van der Waals surface area (Å²) in [5.41, 5.74) is 22.1. The molecule has 2 nitrogen and oxygen atoms in total. The van der Waals surface area contributed by atoms with Crippen molar-refractivity contribution in [3.63, 3.8) is 0 Å². The van der Waals surface area contributed by atoms with Gasteiger partial charge < -0.3 is 9.80 Å². The number of anilines is 6. The van der Waals surface area contributed by atoms with Gasteiger partial charge in [-0.2, -0.15) is 0 Å². The van der Waals surface area contributed by atoms with Crippen molar-refractivity contribution in [1.29, 1.82) is 0 Å². The molecule has 8 rings (SSSR count). The topological polar surface area (TPSA) is 6.48 Å². The molecule has 0 fully saturated rings. The van der Waals surface area contributed by atoms with E-state index in [1.807, 2.05) is 0 Å². The van der Waals surface area contributed by atoms with E-state index in [1.54, 1.807) is 0 Å². The SMILES string of the molecule is Cc1cc2c3c(c1)N(c1ccc(C(C)(C)C)cc1-c1cccc(C(C)(C)C)c1)c1ccc(C(C)(C)C)cc1B3c1cc(C(C)(C)C)ccc1N2c1ccc(C(C)(C)C)cc1. The summed E-state index contributed by atoms with van der Waals surface area (Å²) in [7, 11) is 0. The Labute approximate surface area is 363 Å². The van der Waals surface area contributed by atoms with Crippen molar-refractivity contribution in [3.05, 3.63) is 149 Å². The van der Waals surface area contributed by atoms with E-state index in [2.05, 4.69) is 236 Å². The molecule has 0 saturated heterocycles. The van der Waals surface area contributed by atoms with Crippen molar-refractivity contribution in [1.82, 2.24) is 0 Å². The second-order valence-corrected chi connectivity index (χ2v) is 23.0. The number of benzene rings is 6. The number of hydrogen-bond donors (Lipinski definition) is 0. The fraction of sp³-hybridized carbons (Fsp3) is 0.368. The molecule has 308 valence electrons. The molecule has 0 aromatic heterocycles. The van der Waals surface area contributed by atoms with Crippen LogP contribution in [0.1, 0.15) is 137 Å². The van der Waals surface area contributed by atoms with E-state index >= 15 is 0 Å². The van der Waals surface area contributed by atoms with Crippen LogP contribution in [0.3, 0.4) is 0 Å². The fourth-order valence-corrected chi connectivity index (χ4v) is 9.31. The largest absolute Gasteiger partial charge is 0.311 e. The maximum absolute atomic E-state index is 2.62. The van der Waals surface area contributed by atoms with Gasteiger partial charge in [0.15, 0.2) is 0 Å². The molecule has 0 saturated carbocycles. The van der Waals surface area contributed by atoms with Gasteiger partial charge in [-0.1, -0.05) is 171 Å². The molecule has 0 N–H and O–H groups in total. The van der Waals surface area contributed by atoms with Gasteiger partial charge in [-0.05, 0) is 138 Å². The predicted octanol–water partition coefficient (Wildman–Crippen LogP) is 14.2. The van der Waals surface area contributed by atoms with Gasteiger partial charge in [-0.3, -0.25) is 0 Å². The Morgan fingerprint density at radius 2 is 0.783 bits per heavy atom. The Morgan fingerprint density at radius 3 is 1.28 bits per heavy atom. The van der Waals surface area contributed by atoms with E-state index in [0.717, 1.165) is 0 Å². The van der Waals surface area contributed by atoms with E-state index in [0.29, 0.717) is 0 Å². The van der Waals surface area contributed by atoms with Crippen LogP contribution >= 0.6 is 0 Å². The fourth-order valence-electron chi connectivity index (χ4n) is 9.31. The van der Waals surface area contributed by atoms with Crippen LogP contribution in [0.4, 0.5) is 34.1 Å². The van der Waals surface area contributed by atoms with E-state index < -0.39 is 0 Å². The lowest BCUT2D eigenvalue weighted by Crippen LogP contribution is -2.61. The molecule has 2 aliphatic heterocycles. The Balaban J connectivity index is 1.49. The van der Waals surface area contributed by atoms with E-state index in [1.165, 1.54) is 95.0 Å². The standard InChI is InChI=1S/C57H67BN2/c1-36-30-50-52-51(31-36)60(47-27-22-40(55(8,9)10)33-44(47)37-18-17-19-39(32-37)54(5,6)7)49-29-24-42(57(14,15)16)35-46(49)58(52)45-34-41(56(11,12)13)23-28-48(45)59(50)43-25-20-38(21-26-43)53(2,3)4/h17-35H,1-16H3. The number of rotatable bonds is 3. The lowest BCUT2D eigenvalue weighted by molar-refractivity contribution is 0.589. The van der Waals surface area contributed by atoms with Crippen molar-refractivity contribution in [2.45, 2.75) is 138 Å². The van der Waals surface area contributed by atoms with Gasteiger partial charge in [0.05, 0.1) is 5.69 Å². The van der Waals surface area contributed by atoms with Crippen LogP contribution in [-0.2, 0) is 27.1 Å². The normalized spacial score (nSPS) is 14.2. The predicted molar refractivity (Wildman–Crippen MR) is 264 cm³/mol. The van der Waals surface area contributed by atoms with E-state index in [4.69, 9.17) is 0 Å². The summed E-state index contributed by atoms with van der Waals surface area (Å²) in [5, 5.41) is 0. The number of aryl methyl sites for hydroxylation is 1. The van der Waals surface area contributed by atoms with Crippen LogP contribution in [0.15, 0.2) is 115 Å². The minimum atomic E-state index is -0.0191. The minimum absolute atomic E-state index is 0.00726. The molecule has 6 aromatic rings. The smallest absolute Gasteiger partial charge is 0.252 e. The Morgan fingerprint density at radius 1 is 0.367 bits per heavy atom. The maximum Gasteiger partial charge on any atom is 0.252 e. The zero-order chi connectivity index (χ0) is 43.5. The quantitative estimate of drug-likeness (QED) is 0.165. The number of hydrogen-bond acceptors (Lipinski definition) is 2. The molecule has 0 bridgehead atoms. The lowest BCUT2D eigenvalue weighted by atomic mass is 9.33. The van der Waals surface area contributed by atoms with Gasteiger partial charge in [0.2, 0.25) is 0 Å². The third-order valence-electron chi connectivity index (χ3n) is 13.1. The Hall–Kier alpha value is -5.02. The van der Waals surface area contributed by atoms with Gasteiger partial charge in [-0.15, -0.1) is 0 Å². The zero-order valence-electron chi connectivity index (χ0n) is 39.4. The molecule has 0 unspecified atom stereocenters. The second-order valence-electron chi connectivity index (χ2n) is 23.0. The van der Waals surface area contributed by atoms with Crippen LogP contribution in [0.5, 0.6) is 0 Å².